The van der Waals surface area contributed by atoms with Crippen molar-refractivity contribution >= 4 is 29.1 Å². The lowest BCUT2D eigenvalue weighted by Crippen LogP contribution is -2.46. The van der Waals surface area contributed by atoms with Gasteiger partial charge in [0.25, 0.3) is 5.91 Å². The van der Waals surface area contributed by atoms with Crippen LogP contribution in [0.25, 0.3) is 22.3 Å². The van der Waals surface area contributed by atoms with E-state index in [1.165, 1.54) is 11.9 Å². The van der Waals surface area contributed by atoms with E-state index in [4.69, 9.17) is 4.98 Å². The topological polar surface area (TPSA) is 87.5 Å². The van der Waals surface area contributed by atoms with Gasteiger partial charge in [-0.05, 0) is 67.7 Å². The van der Waals surface area contributed by atoms with Crippen LogP contribution in [0.1, 0.15) is 47.2 Å². The van der Waals surface area contributed by atoms with Gasteiger partial charge in [-0.15, -0.1) is 0 Å². The average molecular weight is 556 g/mol. The quantitative estimate of drug-likeness (QED) is 0.424. The number of alkyl halides is 3. The normalized spacial score (nSPS) is 17.3. The first-order chi connectivity index (χ1) is 19.1. The van der Waals surface area contributed by atoms with Crippen LogP contribution in [0, 0.1) is 5.92 Å². The van der Waals surface area contributed by atoms with E-state index in [0.29, 0.717) is 30.9 Å². The van der Waals surface area contributed by atoms with Gasteiger partial charge in [0.2, 0.25) is 5.91 Å². The highest BCUT2D eigenvalue weighted by molar-refractivity contribution is 6.01. The number of rotatable bonds is 8. The van der Waals surface area contributed by atoms with Crippen LogP contribution in [0.4, 0.5) is 13.2 Å². The maximum atomic E-state index is 13.2. The van der Waals surface area contributed by atoms with Gasteiger partial charge in [-0.3, -0.25) is 14.5 Å². The van der Waals surface area contributed by atoms with Crippen molar-refractivity contribution in [2.45, 2.75) is 51.0 Å². The van der Waals surface area contributed by atoms with E-state index < -0.39 is 18.1 Å². The summed E-state index contributed by atoms with van der Waals surface area (Å²) in [5, 5.41) is 3.54. The number of likely N-dealkylation sites (tertiary alicyclic amines) is 1. The van der Waals surface area contributed by atoms with Crippen molar-refractivity contribution in [2.75, 3.05) is 20.1 Å². The van der Waals surface area contributed by atoms with Crippen molar-refractivity contribution in [1.29, 1.82) is 0 Å². The molecule has 1 N–H and O–H groups in total. The van der Waals surface area contributed by atoms with E-state index in [1.807, 2.05) is 42.1 Å². The van der Waals surface area contributed by atoms with Crippen LogP contribution in [-0.4, -0.2) is 69.8 Å². The summed E-state index contributed by atoms with van der Waals surface area (Å²) in [5.74, 6) is -1.82. The summed E-state index contributed by atoms with van der Waals surface area (Å²) >= 11 is 0. The number of carbonyl (C=O) groups excluding carboxylic acids is 3. The Bertz CT molecular complexity index is 1440. The number of aryl methyl sites for hydroxylation is 1. The molecule has 1 saturated heterocycles. The molecule has 40 heavy (non-hydrogen) atoms. The molecule has 2 aliphatic rings. The maximum absolute atomic E-state index is 13.2. The Hall–Kier alpha value is -3.73. The fourth-order valence-electron chi connectivity index (χ4n) is 5.81. The van der Waals surface area contributed by atoms with Crippen molar-refractivity contribution in [2.24, 2.45) is 13.0 Å². The number of hydrogen-bond donors (Lipinski definition) is 1. The Morgan fingerprint density at radius 3 is 2.62 bits per heavy atom. The third-order valence-corrected chi connectivity index (χ3v) is 8.08. The molecule has 1 unspecified atom stereocenters. The molecule has 3 aromatic rings. The van der Waals surface area contributed by atoms with E-state index in [1.54, 1.807) is 6.07 Å². The summed E-state index contributed by atoms with van der Waals surface area (Å²) in [7, 11) is 3.40. The molecule has 0 radical (unpaired) electrons. The lowest BCUT2D eigenvalue weighted by molar-refractivity contribution is -0.185. The molecule has 0 bridgehead atoms. The van der Waals surface area contributed by atoms with Crippen molar-refractivity contribution < 1.29 is 27.6 Å². The molecule has 8 nitrogen and oxygen atoms in total. The SMILES string of the molecule is CNC(=O)C(CCC=O)N1Cc2cc(-c3cc(CN4CCC(C(F)(F)F)CC4)c4ccn(C)c4n3)ccc2C1=O. The van der Waals surface area contributed by atoms with Gasteiger partial charge in [-0.25, -0.2) is 4.98 Å². The molecule has 0 spiro atoms. The second kappa shape index (κ2) is 11.0. The Morgan fingerprint density at radius 2 is 1.95 bits per heavy atom. The van der Waals surface area contributed by atoms with Gasteiger partial charge in [0.05, 0.1) is 11.6 Å². The number of hydrogen-bond acceptors (Lipinski definition) is 5. The van der Waals surface area contributed by atoms with Gasteiger partial charge in [0.1, 0.15) is 18.0 Å². The summed E-state index contributed by atoms with van der Waals surface area (Å²) in [6, 6.07) is 8.68. The number of nitrogens with zero attached hydrogens (tertiary/aromatic N) is 4. The number of pyridine rings is 1. The molecule has 2 amide bonds. The molecule has 0 saturated carbocycles. The van der Waals surface area contributed by atoms with Gasteiger partial charge >= 0.3 is 6.18 Å². The molecule has 0 aliphatic carbocycles. The number of aldehydes is 1. The van der Waals surface area contributed by atoms with E-state index in [-0.39, 0.29) is 44.0 Å². The molecule has 2 aliphatic heterocycles. The number of amides is 2. The first-order valence-corrected chi connectivity index (χ1v) is 13.4. The largest absolute Gasteiger partial charge is 0.391 e. The van der Waals surface area contributed by atoms with Gasteiger partial charge in [0.15, 0.2) is 0 Å². The van der Waals surface area contributed by atoms with Gasteiger partial charge in [-0.2, -0.15) is 13.2 Å². The molecule has 1 aromatic carbocycles. The number of carbonyl (C=O) groups is 3. The highest BCUT2D eigenvalue weighted by Crippen LogP contribution is 2.36. The zero-order valence-corrected chi connectivity index (χ0v) is 22.5. The number of likely N-dealkylation sites (N-methyl/N-ethyl adjacent to an activating group) is 1. The van der Waals surface area contributed by atoms with Gasteiger partial charge in [0, 0.05) is 56.3 Å². The molecule has 1 atom stereocenters. The second-order valence-corrected chi connectivity index (χ2v) is 10.6. The second-order valence-electron chi connectivity index (χ2n) is 10.6. The lowest BCUT2D eigenvalue weighted by Gasteiger charge is -2.33. The number of nitrogens with one attached hydrogen (secondary N) is 1. The van der Waals surface area contributed by atoms with E-state index in [0.717, 1.165) is 34.0 Å². The highest BCUT2D eigenvalue weighted by Gasteiger charge is 2.41. The molecule has 1 fully saturated rings. The minimum absolute atomic E-state index is 0.0959. The lowest BCUT2D eigenvalue weighted by atomic mass is 9.95. The summed E-state index contributed by atoms with van der Waals surface area (Å²) < 4.78 is 41.4. The predicted molar refractivity (Wildman–Crippen MR) is 143 cm³/mol. The van der Waals surface area contributed by atoms with Crippen LogP contribution in [0.5, 0.6) is 0 Å². The monoisotopic (exact) mass is 555 g/mol. The zero-order valence-electron chi connectivity index (χ0n) is 22.5. The maximum Gasteiger partial charge on any atom is 0.391 e. The van der Waals surface area contributed by atoms with Crippen LogP contribution in [-0.2, 0) is 29.7 Å². The highest BCUT2D eigenvalue weighted by atomic mass is 19.4. The third kappa shape index (κ3) is 5.34. The molecule has 4 heterocycles. The number of aromatic nitrogens is 2. The fourth-order valence-corrected chi connectivity index (χ4v) is 5.81. The van der Waals surface area contributed by atoms with Crippen LogP contribution >= 0.6 is 0 Å². The first-order valence-electron chi connectivity index (χ1n) is 13.4. The van der Waals surface area contributed by atoms with E-state index >= 15 is 0 Å². The van der Waals surface area contributed by atoms with Crippen molar-refractivity contribution in [3.05, 3.63) is 53.2 Å². The number of benzene rings is 1. The average Bonchev–Trinajstić information content (AvgIpc) is 3.47. The minimum Gasteiger partial charge on any atom is -0.357 e. The molecule has 5 rings (SSSR count). The van der Waals surface area contributed by atoms with Crippen LogP contribution < -0.4 is 5.32 Å². The van der Waals surface area contributed by atoms with Crippen molar-refractivity contribution in [3.8, 4) is 11.3 Å². The standard InChI is InChI=1S/C29H32F3N5O3/c1-33-27(39)25(4-3-13-38)37-17-19-14-18(5-6-23(19)28(37)40)24-15-20(22-9-10-35(2)26(22)34-24)16-36-11-7-21(8-12-36)29(30,31)32/h5-6,9-10,13-15,21,25H,3-4,7-8,11-12,16-17H2,1-2H3,(H,33,39). The molecule has 2 aromatic heterocycles. The van der Waals surface area contributed by atoms with E-state index in [9.17, 15) is 27.6 Å². The van der Waals surface area contributed by atoms with E-state index in [2.05, 4.69) is 10.2 Å². The van der Waals surface area contributed by atoms with Gasteiger partial charge < -0.3 is 19.6 Å². The summed E-state index contributed by atoms with van der Waals surface area (Å²) in [4.78, 5) is 45.1. The minimum atomic E-state index is -4.15. The van der Waals surface area contributed by atoms with Crippen LogP contribution in [0.2, 0.25) is 0 Å². The zero-order chi connectivity index (χ0) is 28.6. The third-order valence-electron chi connectivity index (χ3n) is 8.08. The fraction of sp³-hybridized carbons (Fsp3) is 0.448. The Morgan fingerprint density at radius 1 is 1.20 bits per heavy atom. The molecule has 11 heteroatoms. The Kier molecular flexibility index (Phi) is 7.67. The van der Waals surface area contributed by atoms with Crippen molar-refractivity contribution in [1.82, 2.24) is 24.7 Å². The summed E-state index contributed by atoms with van der Waals surface area (Å²) in [6.07, 6.45) is -0.896. The molecule has 212 valence electrons. The number of piperidine rings is 1. The summed E-state index contributed by atoms with van der Waals surface area (Å²) in [6.45, 7) is 1.52. The van der Waals surface area contributed by atoms with Crippen molar-refractivity contribution in [3.63, 3.8) is 0 Å². The summed E-state index contributed by atoms with van der Waals surface area (Å²) in [5.41, 5.74) is 4.54. The first kappa shape index (κ1) is 27.8. The Balaban J connectivity index is 1.42. The number of fused-ring (bicyclic) bond motifs is 2. The predicted octanol–water partition coefficient (Wildman–Crippen LogP) is 4.06. The smallest absolute Gasteiger partial charge is 0.357 e. The van der Waals surface area contributed by atoms with Crippen LogP contribution in [0.15, 0.2) is 36.5 Å². The Labute approximate surface area is 230 Å². The number of halogens is 3. The molecular weight excluding hydrogens is 523 g/mol. The molecular formula is C29H32F3N5O3. The van der Waals surface area contributed by atoms with Gasteiger partial charge in [-0.1, -0.05) is 6.07 Å². The van der Waals surface area contributed by atoms with Crippen LogP contribution in [0.3, 0.4) is 0 Å².